The topological polar surface area (TPSA) is 127 Å². The lowest BCUT2D eigenvalue weighted by Gasteiger charge is -2.62. The molecule has 5 rings (SSSR count). The van der Waals surface area contributed by atoms with Gasteiger partial charge < -0.3 is 30.3 Å². The first-order valence-electron chi connectivity index (χ1n) is 13.0. The molecular weight excluding hydrogens is 436 g/mol. The maximum atomic E-state index is 13.4. The average Bonchev–Trinajstić information content (AvgIpc) is 3.23. The normalized spacial score (nSPS) is 54.0. The second kappa shape index (κ2) is 7.14. The summed E-state index contributed by atoms with van der Waals surface area (Å²) in [4.78, 5) is 13.4. The quantitative estimate of drug-likeness (QED) is 0.411. The van der Waals surface area contributed by atoms with E-state index in [-0.39, 0.29) is 36.4 Å². The number of carbonyl (C=O) groups is 1. The lowest BCUT2D eigenvalue weighted by molar-refractivity contribution is -0.213. The fourth-order valence-corrected chi connectivity index (χ4v) is 8.91. The van der Waals surface area contributed by atoms with Gasteiger partial charge in [-0.3, -0.25) is 4.79 Å². The molecule has 10 unspecified atom stereocenters. The van der Waals surface area contributed by atoms with E-state index in [0.717, 1.165) is 12.8 Å². The lowest BCUT2D eigenvalue weighted by atomic mass is 9.44. The number of ether oxygens (including phenoxy) is 1. The Morgan fingerprint density at radius 2 is 1.56 bits per heavy atom. The highest BCUT2D eigenvalue weighted by molar-refractivity contribution is 6.00. The van der Waals surface area contributed by atoms with Crippen LogP contribution in [0.5, 0.6) is 0 Å². The molecule has 1 heterocycles. The number of ketones is 1. The largest absolute Gasteiger partial charge is 0.390 e. The number of fused-ring (bicyclic) bond motifs is 5. The van der Waals surface area contributed by atoms with Gasteiger partial charge in [-0.25, -0.2) is 0 Å². The molecule has 4 fully saturated rings. The van der Waals surface area contributed by atoms with Gasteiger partial charge >= 0.3 is 0 Å². The number of carbonyl (C=O) groups excluding carboxylic acids is 1. The fraction of sp³-hybridized carbons (Fsp3) is 0.889. The Hall–Kier alpha value is -0.830. The van der Waals surface area contributed by atoms with Crippen LogP contribution in [0, 0.1) is 22.7 Å². The lowest BCUT2D eigenvalue weighted by Crippen LogP contribution is -2.69. The van der Waals surface area contributed by atoms with Crippen molar-refractivity contribution in [3.8, 4) is 0 Å². The van der Waals surface area contributed by atoms with Gasteiger partial charge in [-0.15, -0.1) is 0 Å². The monoisotopic (exact) mass is 478 g/mol. The standard InChI is InChI=1S/C27H42O7/c1-22(2)9-8-21(34-22)25(5,31)19-7-11-26(32)16-12-20(30)27(33)14-18(29)17(28)13-24(27,4)15(16)6-10-23(19,26)3/h12,15,17-19,21,28-29,31-33H,6-11,13-14H2,1-5H3. The Labute approximate surface area is 202 Å². The minimum Gasteiger partial charge on any atom is -0.390 e. The molecule has 0 aromatic carbocycles. The third-order valence-corrected chi connectivity index (χ3v) is 11.1. The minimum atomic E-state index is -1.77. The summed E-state index contributed by atoms with van der Waals surface area (Å²) in [5.74, 6) is -1.00. The van der Waals surface area contributed by atoms with E-state index in [1.165, 1.54) is 6.08 Å². The SMILES string of the molecule is CC1(C)CCC(C(C)(O)C2CCC3(O)C4=CC(=O)C5(O)CC(O)C(O)CC5(C)C4CCC23C)O1. The molecule has 7 heteroatoms. The highest BCUT2D eigenvalue weighted by Gasteiger charge is 2.72. The molecule has 4 aliphatic carbocycles. The van der Waals surface area contributed by atoms with Crippen LogP contribution in [0.2, 0.25) is 0 Å². The van der Waals surface area contributed by atoms with Gasteiger partial charge in [0.1, 0.15) is 5.60 Å². The molecule has 192 valence electrons. The molecule has 1 aliphatic heterocycles. The molecule has 0 bridgehead atoms. The van der Waals surface area contributed by atoms with Gasteiger partial charge in [-0.2, -0.15) is 0 Å². The number of rotatable bonds is 2. The zero-order chi connectivity index (χ0) is 25.1. The van der Waals surface area contributed by atoms with Crippen molar-refractivity contribution >= 4 is 5.78 Å². The molecule has 5 aliphatic rings. The zero-order valence-electron chi connectivity index (χ0n) is 21.2. The van der Waals surface area contributed by atoms with Crippen molar-refractivity contribution in [2.45, 2.75) is 127 Å². The predicted octanol–water partition coefficient (Wildman–Crippen LogP) is 2.01. The van der Waals surface area contributed by atoms with E-state index in [2.05, 4.69) is 0 Å². The van der Waals surface area contributed by atoms with Crippen molar-refractivity contribution in [3.05, 3.63) is 11.6 Å². The van der Waals surface area contributed by atoms with E-state index in [0.29, 0.717) is 31.3 Å². The van der Waals surface area contributed by atoms with Crippen LogP contribution < -0.4 is 0 Å². The molecule has 3 saturated carbocycles. The third kappa shape index (κ3) is 2.94. The van der Waals surface area contributed by atoms with Gasteiger partial charge in [-0.1, -0.05) is 13.8 Å². The van der Waals surface area contributed by atoms with E-state index >= 15 is 0 Å². The number of aliphatic hydroxyl groups is 5. The van der Waals surface area contributed by atoms with Gasteiger partial charge in [0.15, 0.2) is 5.78 Å². The summed E-state index contributed by atoms with van der Waals surface area (Å²) < 4.78 is 6.24. The Kier molecular flexibility index (Phi) is 5.22. The predicted molar refractivity (Wildman–Crippen MR) is 125 cm³/mol. The number of aliphatic hydroxyl groups excluding tert-OH is 2. The second-order valence-electron chi connectivity index (χ2n) is 13.4. The van der Waals surface area contributed by atoms with Gasteiger partial charge in [-0.05, 0) is 89.2 Å². The second-order valence-corrected chi connectivity index (χ2v) is 13.4. The van der Waals surface area contributed by atoms with Crippen molar-refractivity contribution in [3.63, 3.8) is 0 Å². The van der Waals surface area contributed by atoms with Crippen LogP contribution in [0.3, 0.4) is 0 Å². The molecule has 1 saturated heterocycles. The molecule has 5 N–H and O–H groups in total. The van der Waals surface area contributed by atoms with Crippen LogP contribution >= 0.6 is 0 Å². The smallest absolute Gasteiger partial charge is 0.187 e. The summed E-state index contributed by atoms with van der Waals surface area (Å²) >= 11 is 0. The van der Waals surface area contributed by atoms with Gasteiger partial charge in [0.25, 0.3) is 0 Å². The highest BCUT2D eigenvalue weighted by Crippen LogP contribution is 2.69. The van der Waals surface area contributed by atoms with Crippen LogP contribution in [0.25, 0.3) is 0 Å². The number of hydrogen-bond donors (Lipinski definition) is 5. The van der Waals surface area contributed by atoms with Gasteiger partial charge in [0, 0.05) is 17.3 Å². The maximum absolute atomic E-state index is 13.4. The van der Waals surface area contributed by atoms with E-state index in [4.69, 9.17) is 4.74 Å². The van der Waals surface area contributed by atoms with Crippen molar-refractivity contribution < 1.29 is 35.1 Å². The van der Waals surface area contributed by atoms with E-state index in [1.807, 2.05) is 34.6 Å². The molecule has 10 atom stereocenters. The van der Waals surface area contributed by atoms with Crippen molar-refractivity contribution in [1.29, 1.82) is 0 Å². The molecule has 34 heavy (non-hydrogen) atoms. The van der Waals surface area contributed by atoms with E-state index in [1.54, 1.807) is 0 Å². The van der Waals surface area contributed by atoms with Crippen LogP contribution in [0.1, 0.15) is 86.0 Å². The maximum Gasteiger partial charge on any atom is 0.187 e. The molecule has 0 radical (unpaired) electrons. The summed E-state index contributed by atoms with van der Waals surface area (Å²) in [5.41, 5.74) is -5.48. The van der Waals surface area contributed by atoms with Crippen molar-refractivity contribution in [1.82, 2.24) is 0 Å². The summed E-state index contributed by atoms with van der Waals surface area (Å²) in [6, 6.07) is 0. The Bertz CT molecular complexity index is 926. The van der Waals surface area contributed by atoms with Crippen molar-refractivity contribution in [2.24, 2.45) is 22.7 Å². The Morgan fingerprint density at radius 1 is 0.912 bits per heavy atom. The zero-order valence-corrected chi connectivity index (χ0v) is 21.2. The van der Waals surface area contributed by atoms with Crippen LogP contribution in [0.4, 0.5) is 0 Å². The number of hydrogen-bond acceptors (Lipinski definition) is 7. The average molecular weight is 479 g/mol. The van der Waals surface area contributed by atoms with E-state index in [9.17, 15) is 30.3 Å². The third-order valence-electron chi connectivity index (χ3n) is 11.1. The Morgan fingerprint density at radius 3 is 2.18 bits per heavy atom. The van der Waals surface area contributed by atoms with Crippen molar-refractivity contribution in [2.75, 3.05) is 0 Å². The van der Waals surface area contributed by atoms with Gasteiger partial charge in [0.05, 0.1) is 35.1 Å². The summed E-state index contributed by atoms with van der Waals surface area (Å²) in [7, 11) is 0. The first-order valence-corrected chi connectivity index (χ1v) is 13.0. The molecule has 0 amide bonds. The molecule has 7 nitrogen and oxygen atoms in total. The Balaban J connectivity index is 1.53. The van der Waals surface area contributed by atoms with Crippen LogP contribution in [-0.4, -0.2) is 72.0 Å². The molecular formula is C27H42O7. The summed E-state index contributed by atoms with van der Waals surface area (Å²) in [6.45, 7) is 9.77. The fourth-order valence-electron chi connectivity index (χ4n) is 8.91. The first-order chi connectivity index (χ1) is 15.5. The van der Waals surface area contributed by atoms with Crippen LogP contribution in [-0.2, 0) is 9.53 Å². The molecule has 0 aromatic heterocycles. The van der Waals surface area contributed by atoms with E-state index < -0.39 is 45.6 Å². The summed E-state index contributed by atoms with van der Waals surface area (Å²) in [5, 5.41) is 56.4. The first kappa shape index (κ1) is 24.8. The molecule has 0 spiro atoms. The van der Waals surface area contributed by atoms with Gasteiger partial charge in [0.2, 0.25) is 0 Å². The highest BCUT2D eigenvalue weighted by atomic mass is 16.5. The summed E-state index contributed by atoms with van der Waals surface area (Å²) in [6.07, 6.45) is 2.75. The molecule has 0 aromatic rings. The minimum absolute atomic E-state index is 0.0946. The van der Waals surface area contributed by atoms with Crippen LogP contribution in [0.15, 0.2) is 11.6 Å².